The lowest BCUT2D eigenvalue weighted by Gasteiger charge is -2.42. The van der Waals surface area contributed by atoms with E-state index in [9.17, 15) is 14.4 Å². The molecule has 216 valence electrons. The zero-order valence-electron chi connectivity index (χ0n) is 22.9. The number of nitrogens with one attached hydrogen (secondary N) is 2. The first kappa shape index (κ1) is 28.5. The summed E-state index contributed by atoms with van der Waals surface area (Å²) in [4.78, 5) is 43.6. The van der Waals surface area contributed by atoms with Gasteiger partial charge >= 0.3 is 0 Å². The van der Waals surface area contributed by atoms with Crippen molar-refractivity contribution in [2.24, 2.45) is 0 Å². The van der Waals surface area contributed by atoms with Gasteiger partial charge in [0.05, 0.1) is 43.8 Å². The average molecular weight is 571 g/mol. The van der Waals surface area contributed by atoms with Crippen molar-refractivity contribution in [1.82, 2.24) is 15.1 Å². The first-order valence-electron chi connectivity index (χ1n) is 14.0. The van der Waals surface area contributed by atoms with Crippen LogP contribution in [0.15, 0.2) is 35.7 Å². The van der Waals surface area contributed by atoms with Crippen molar-refractivity contribution in [3.05, 3.63) is 46.2 Å². The monoisotopic (exact) mass is 570 g/mol. The van der Waals surface area contributed by atoms with Crippen LogP contribution < -0.4 is 15.4 Å². The smallest absolute Gasteiger partial charge is 0.257 e. The van der Waals surface area contributed by atoms with Crippen LogP contribution in [0, 0.1) is 0 Å². The summed E-state index contributed by atoms with van der Waals surface area (Å²) in [5.74, 6) is 0.123. The van der Waals surface area contributed by atoms with E-state index in [1.54, 1.807) is 30.1 Å². The first-order valence-corrected chi connectivity index (χ1v) is 14.9. The molecule has 40 heavy (non-hydrogen) atoms. The van der Waals surface area contributed by atoms with Gasteiger partial charge in [0.25, 0.3) is 5.91 Å². The fourth-order valence-corrected chi connectivity index (χ4v) is 6.22. The number of hydrogen-bond donors (Lipinski definition) is 2. The summed E-state index contributed by atoms with van der Waals surface area (Å²) in [6, 6.07) is 8.81. The number of thiophene rings is 1. The lowest BCUT2D eigenvalue weighted by Crippen LogP contribution is -2.54. The maximum absolute atomic E-state index is 13.5. The molecule has 0 saturated carbocycles. The molecule has 3 amide bonds. The highest BCUT2D eigenvalue weighted by Gasteiger charge is 2.39. The van der Waals surface area contributed by atoms with Crippen LogP contribution in [0.25, 0.3) is 0 Å². The Morgan fingerprint density at radius 3 is 2.77 bits per heavy atom. The Labute approximate surface area is 238 Å². The van der Waals surface area contributed by atoms with E-state index in [2.05, 4.69) is 15.5 Å². The Morgan fingerprint density at radius 2 is 1.98 bits per heavy atom. The van der Waals surface area contributed by atoms with Gasteiger partial charge in [-0.25, -0.2) is 0 Å². The van der Waals surface area contributed by atoms with Crippen LogP contribution in [0.4, 0.5) is 5.69 Å². The number of anilines is 1. The second-order valence-electron chi connectivity index (χ2n) is 10.5. The van der Waals surface area contributed by atoms with E-state index in [0.717, 1.165) is 50.6 Å². The molecule has 1 aromatic heterocycles. The third-order valence-electron chi connectivity index (χ3n) is 7.70. The van der Waals surface area contributed by atoms with E-state index in [-0.39, 0.29) is 49.0 Å². The second-order valence-corrected chi connectivity index (χ2v) is 11.6. The minimum absolute atomic E-state index is 0.0133. The molecule has 0 spiro atoms. The summed E-state index contributed by atoms with van der Waals surface area (Å²) in [7, 11) is 1.78. The molecule has 0 unspecified atom stereocenters. The number of nitrogens with zero attached hydrogens (tertiary/aromatic N) is 2. The minimum atomic E-state index is -0.333. The van der Waals surface area contributed by atoms with Crippen molar-refractivity contribution < 1.29 is 28.6 Å². The second kappa shape index (κ2) is 13.6. The van der Waals surface area contributed by atoms with Gasteiger partial charge in [-0.1, -0.05) is 6.07 Å². The fraction of sp³-hybridized carbons (Fsp3) is 0.552. The van der Waals surface area contributed by atoms with Crippen molar-refractivity contribution in [1.29, 1.82) is 0 Å². The van der Waals surface area contributed by atoms with Gasteiger partial charge < -0.3 is 29.7 Å². The number of rotatable bonds is 9. The van der Waals surface area contributed by atoms with Crippen molar-refractivity contribution >= 4 is 34.7 Å². The summed E-state index contributed by atoms with van der Waals surface area (Å²) in [6.07, 6.45) is 2.34. The molecule has 0 aliphatic carbocycles. The van der Waals surface area contributed by atoms with Crippen molar-refractivity contribution in [2.75, 3.05) is 58.4 Å². The van der Waals surface area contributed by atoms with E-state index in [1.807, 2.05) is 17.5 Å². The molecule has 10 nitrogen and oxygen atoms in total. The van der Waals surface area contributed by atoms with Gasteiger partial charge in [0, 0.05) is 37.2 Å². The summed E-state index contributed by atoms with van der Waals surface area (Å²) < 4.78 is 17.7. The van der Waals surface area contributed by atoms with Gasteiger partial charge in [-0.05, 0) is 55.5 Å². The van der Waals surface area contributed by atoms with Crippen LogP contribution in [-0.2, 0) is 25.5 Å². The Hall–Kier alpha value is -2.99. The number of benzene rings is 1. The Kier molecular flexibility index (Phi) is 9.69. The maximum atomic E-state index is 13.5. The first-order chi connectivity index (χ1) is 19.5. The van der Waals surface area contributed by atoms with Crippen LogP contribution in [0.5, 0.6) is 5.75 Å². The standard InChI is InChI=1S/C29H38N4O6S/c1-32-24-7-6-21(17-27(34)30-9-3-10-33-11-13-37-14-12-33)39-26(24)19-38-25-8-5-20(16-23(25)29(32)36)31-28(35)18-22-4-2-15-40-22/h2,4-5,8,15-16,21,24,26H,3,6-7,9-14,17-19H2,1H3,(H,30,34)(H,31,35)/t21-,24+,26-/m0/s1. The summed E-state index contributed by atoms with van der Waals surface area (Å²) in [5, 5.41) is 7.85. The van der Waals surface area contributed by atoms with E-state index >= 15 is 0 Å². The summed E-state index contributed by atoms with van der Waals surface area (Å²) >= 11 is 1.53. The zero-order chi connectivity index (χ0) is 27.9. The molecule has 5 rings (SSSR count). The maximum Gasteiger partial charge on any atom is 0.257 e. The molecule has 4 heterocycles. The minimum Gasteiger partial charge on any atom is -0.490 e. The molecule has 3 aliphatic rings. The largest absolute Gasteiger partial charge is 0.490 e. The van der Waals surface area contributed by atoms with Gasteiger partial charge in [0.15, 0.2) is 0 Å². The molecule has 2 fully saturated rings. The molecule has 11 heteroatoms. The number of ether oxygens (including phenoxy) is 3. The van der Waals surface area contributed by atoms with E-state index in [1.165, 1.54) is 11.3 Å². The molecule has 0 bridgehead atoms. The molecular formula is C29H38N4O6S. The van der Waals surface area contributed by atoms with Gasteiger partial charge in [-0.3, -0.25) is 19.3 Å². The number of morpholine rings is 1. The van der Waals surface area contributed by atoms with Gasteiger partial charge in [0.1, 0.15) is 18.5 Å². The normalized spacial score (nSPS) is 23.3. The molecule has 1 aromatic carbocycles. The Balaban J connectivity index is 1.12. The highest BCUT2D eigenvalue weighted by atomic mass is 32.1. The fourth-order valence-electron chi connectivity index (χ4n) is 5.52. The lowest BCUT2D eigenvalue weighted by molar-refractivity contribution is -0.134. The molecule has 2 aromatic rings. The molecule has 3 atom stereocenters. The highest BCUT2D eigenvalue weighted by Crippen LogP contribution is 2.32. The number of amides is 3. The lowest BCUT2D eigenvalue weighted by atomic mass is 9.94. The van der Waals surface area contributed by atoms with Crippen LogP contribution >= 0.6 is 11.3 Å². The van der Waals surface area contributed by atoms with Crippen LogP contribution in [0.2, 0.25) is 0 Å². The predicted molar refractivity (Wildman–Crippen MR) is 152 cm³/mol. The number of fused-ring (bicyclic) bond motifs is 2. The van der Waals surface area contributed by atoms with Crippen molar-refractivity contribution in [3.8, 4) is 5.75 Å². The predicted octanol–water partition coefficient (Wildman–Crippen LogP) is 2.54. The number of carbonyl (C=O) groups excluding carboxylic acids is 3. The molecular weight excluding hydrogens is 532 g/mol. The SMILES string of the molecule is CN1C(=O)c2cc(NC(=O)Cc3cccs3)ccc2OC[C@@H]2O[C@H](CC(=O)NCCCN3CCOCC3)CC[C@H]21. The number of carbonyl (C=O) groups is 3. The third-order valence-corrected chi connectivity index (χ3v) is 8.58. The highest BCUT2D eigenvalue weighted by molar-refractivity contribution is 7.10. The molecule has 2 N–H and O–H groups in total. The quantitative estimate of drug-likeness (QED) is 0.446. The van der Waals surface area contributed by atoms with E-state index < -0.39 is 0 Å². The van der Waals surface area contributed by atoms with Gasteiger partial charge in [-0.2, -0.15) is 0 Å². The Bertz CT molecular complexity index is 1170. The van der Waals surface area contributed by atoms with Crippen LogP contribution in [-0.4, -0.2) is 98.8 Å². The summed E-state index contributed by atoms with van der Waals surface area (Å²) in [5.41, 5.74) is 0.965. The topological polar surface area (TPSA) is 109 Å². The van der Waals surface area contributed by atoms with E-state index in [4.69, 9.17) is 14.2 Å². The Morgan fingerprint density at radius 1 is 1.12 bits per heavy atom. The average Bonchev–Trinajstić information content (AvgIpc) is 3.47. The van der Waals surface area contributed by atoms with Gasteiger partial charge in [-0.15, -0.1) is 11.3 Å². The summed E-state index contributed by atoms with van der Waals surface area (Å²) in [6.45, 7) is 5.32. The number of likely N-dealkylation sites (N-methyl/N-ethyl adjacent to an activating group) is 1. The third kappa shape index (κ3) is 7.39. The van der Waals surface area contributed by atoms with Crippen molar-refractivity contribution in [3.63, 3.8) is 0 Å². The van der Waals surface area contributed by atoms with E-state index in [0.29, 0.717) is 36.4 Å². The molecule has 0 radical (unpaired) electrons. The molecule has 2 saturated heterocycles. The number of hydrogen-bond acceptors (Lipinski definition) is 8. The molecule has 3 aliphatic heterocycles. The van der Waals surface area contributed by atoms with Gasteiger partial charge in [0.2, 0.25) is 11.8 Å². The van der Waals surface area contributed by atoms with Crippen LogP contribution in [0.3, 0.4) is 0 Å². The van der Waals surface area contributed by atoms with Crippen molar-refractivity contribution in [2.45, 2.75) is 50.4 Å². The zero-order valence-corrected chi connectivity index (χ0v) is 23.8. The van der Waals surface area contributed by atoms with Crippen LogP contribution in [0.1, 0.15) is 40.9 Å².